The first-order chi connectivity index (χ1) is 8.54. The molecule has 2 amide bonds. The Morgan fingerprint density at radius 2 is 2.11 bits per heavy atom. The minimum absolute atomic E-state index is 0.237. The molecular weight excluding hydrogens is 238 g/mol. The highest BCUT2D eigenvalue weighted by atomic mass is 16.7. The molecule has 7 heteroatoms. The number of aromatic nitrogens is 1. The van der Waals surface area contributed by atoms with Crippen LogP contribution in [0, 0.1) is 0 Å². The Kier molecular flexibility index (Phi) is 5.06. The van der Waals surface area contributed by atoms with Gasteiger partial charge in [0, 0.05) is 25.9 Å². The number of pyridine rings is 1. The van der Waals surface area contributed by atoms with Gasteiger partial charge < -0.3 is 10.4 Å². The average molecular weight is 253 g/mol. The number of nitrogens with one attached hydrogen (secondary N) is 1. The van der Waals surface area contributed by atoms with Gasteiger partial charge in [-0.05, 0) is 17.7 Å². The van der Waals surface area contributed by atoms with E-state index in [0.717, 1.165) is 10.6 Å². The van der Waals surface area contributed by atoms with Crippen LogP contribution in [-0.2, 0) is 16.1 Å². The van der Waals surface area contributed by atoms with Gasteiger partial charge in [-0.25, -0.2) is 9.86 Å². The van der Waals surface area contributed by atoms with E-state index in [9.17, 15) is 9.59 Å². The van der Waals surface area contributed by atoms with E-state index in [1.807, 2.05) is 0 Å². The Bertz CT molecular complexity index is 410. The molecule has 0 aliphatic rings. The van der Waals surface area contributed by atoms with Crippen molar-refractivity contribution in [1.82, 2.24) is 15.4 Å². The monoisotopic (exact) mass is 253 g/mol. The summed E-state index contributed by atoms with van der Waals surface area (Å²) in [6.45, 7) is 0. The van der Waals surface area contributed by atoms with Crippen molar-refractivity contribution in [3.05, 3.63) is 30.1 Å². The molecule has 2 N–H and O–H groups in total. The molecule has 0 saturated heterocycles. The molecule has 0 fully saturated rings. The quantitative estimate of drug-likeness (QED) is 0.735. The van der Waals surface area contributed by atoms with Crippen LogP contribution in [-0.4, -0.2) is 47.4 Å². The van der Waals surface area contributed by atoms with Gasteiger partial charge >= 0.3 is 6.09 Å². The zero-order valence-corrected chi connectivity index (χ0v) is 10.2. The molecular formula is C11H15N3O4. The van der Waals surface area contributed by atoms with Crippen molar-refractivity contribution in [1.29, 1.82) is 0 Å². The highest BCUT2D eigenvalue weighted by molar-refractivity contribution is 5.84. The second-order valence-electron chi connectivity index (χ2n) is 3.58. The van der Waals surface area contributed by atoms with Crippen LogP contribution in [0.1, 0.15) is 5.56 Å². The number of carbonyl (C=O) groups excluding carboxylic acids is 1. The van der Waals surface area contributed by atoms with E-state index in [0.29, 0.717) is 0 Å². The van der Waals surface area contributed by atoms with Crippen LogP contribution >= 0.6 is 0 Å². The highest BCUT2D eigenvalue weighted by Crippen LogP contribution is 2.04. The van der Waals surface area contributed by atoms with Gasteiger partial charge in [0.1, 0.15) is 6.04 Å². The highest BCUT2D eigenvalue weighted by Gasteiger charge is 2.24. The molecule has 0 spiro atoms. The lowest BCUT2D eigenvalue weighted by atomic mass is 10.1. The lowest BCUT2D eigenvalue weighted by Gasteiger charge is -2.21. The third-order valence-electron chi connectivity index (χ3n) is 2.37. The Morgan fingerprint density at radius 1 is 1.50 bits per heavy atom. The number of nitrogens with zero attached hydrogens (tertiary/aromatic N) is 2. The molecule has 1 heterocycles. The molecule has 0 aliphatic heterocycles. The Labute approximate surface area is 104 Å². The molecule has 7 nitrogen and oxygen atoms in total. The minimum atomic E-state index is -1.26. The molecule has 0 bridgehead atoms. The predicted octanol–water partition coefficient (Wildman–Crippen LogP) is 0.280. The van der Waals surface area contributed by atoms with Gasteiger partial charge in [-0.15, -0.1) is 0 Å². The molecule has 1 aromatic rings. The number of amides is 2. The SMILES string of the molecule is CON(C)C(=O)C(Cc1ccncc1)NC(=O)O. The van der Waals surface area contributed by atoms with E-state index in [2.05, 4.69) is 10.3 Å². The van der Waals surface area contributed by atoms with Gasteiger partial charge in [-0.3, -0.25) is 14.6 Å². The maximum absolute atomic E-state index is 11.9. The fraction of sp³-hybridized carbons (Fsp3) is 0.364. The number of carboxylic acid groups (broad SMARTS) is 1. The number of likely N-dealkylation sites (N-methyl/N-ethyl adjacent to an activating group) is 1. The van der Waals surface area contributed by atoms with Crippen molar-refractivity contribution < 1.29 is 19.5 Å². The number of hydrogen-bond donors (Lipinski definition) is 2. The molecule has 0 saturated carbocycles. The van der Waals surface area contributed by atoms with Crippen molar-refractivity contribution in [3.63, 3.8) is 0 Å². The largest absolute Gasteiger partial charge is 0.465 e. The summed E-state index contributed by atoms with van der Waals surface area (Å²) >= 11 is 0. The fourth-order valence-corrected chi connectivity index (χ4v) is 1.41. The molecule has 1 atom stereocenters. The zero-order chi connectivity index (χ0) is 13.5. The Hall–Kier alpha value is -2.15. The van der Waals surface area contributed by atoms with Gasteiger partial charge in [0.05, 0.1) is 7.11 Å². The van der Waals surface area contributed by atoms with Crippen molar-refractivity contribution in [2.24, 2.45) is 0 Å². The van der Waals surface area contributed by atoms with Crippen molar-refractivity contribution in [2.75, 3.05) is 14.2 Å². The second-order valence-corrected chi connectivity index (χ2v) is 3.58. The van der Waals surface area contributed by atoms with Crippen molar-refractivity contribution in [2.45, 2.75) is 12.5 Å². The molecule has 98 valence electrons. The molecule has 1 unspecified atom stereocenters. The van der Waals surface area contributed by atoms with E-state index in [-0.39, 0.29) is 6.42 Å². The number of rotatable bonds is 5. The zero-order valence-electron chi connectivity index (χ0n) is 10.2. The normalized spacial score (nSPS) is 11.7. The number of hydrogen-bond acceptors (Lipinski definition) is 4. The predicted molar refractivity (Wildman–Crippen MR) is 62.7 cm³/mol. The van der Waals surface area contributed by atoms with E-state index in [4.69, 9.17) is 9.94 Å². The molecule has 0 aromatic carbocycles. The van der Waals surface area contributed by atoms with Crippen LogP contribution in [0.3, 0.4) is 0 Å². The third-order valence-corrected chi connectivity index (χ3v) is 2.37. The molecule has 1 rings (SSSR count). The summed E-state index contributed by atoms with van der Waals surface area (Å²) < 4.78 is 0. The van der Waals surface area contributed by atoms with E-state index in [1.54, 1.807) is 24.5 Å². The van der Waals surface area contributed by atoms with Gasteiger partial charge in [0.2, 0.25) is 0 Å². The van der Waals surface area contributed by atoms with Crippen LogP contribution in [0.2, 0.25) is 0 Å². The summed E-state index contributed by atoms with van der Waals surface area (Å²) in [5, 5.41) is 11.9. The van der Waals surface area contributed by atoms with E-state index in [1.165, 1.54) is 14.2 Å². The van der Waals surface area contributed by atoms with Crippen LogP contribution in [0.15, 0.2) is 24.5 Å². The molecule has 1 aromatic heterocycles. The van der Waals surface area contributed by atoms with E-state index >= 15 is 0 Å². The van der Waals surface area contributed by atoms with Crippen LogP contribution in [0.25, 0.3) is 0 Å². The molecule has 18 heavy (non-hydrogen) atoms. The Morgan fingerprint density at radius 3 is 2.61 bits per heavy atom. The van der Waals surface area contributed by atoms with E-state index < -0.39 is 18.0 Å². The summed E-state index contributed by atoms with van der Waals surface area (Å²) in [7, 11) is 2.76. The maximum Gasteiger partial charge on any atom is 0.405 e. The smallest absolute Gasteiger partial charge is 0.405 e. The van der Waals surface area contributed by atoms with Crippen LogP contribution < -0.4 is 5.32 Å². The first-order valence-corrected chi connectivity index (χ1v) is 5.24. The number of carbonyl (C=O) groups is 2. The first kappa shape index (κ1) is 13.9. The molecule has 0 radical (unpaired) electrons. The summed E-state index contributed by atoms with van der Waals surface area (Å²) in [5.74, 6) is -0.461. The summed E-state index contributed by atoms with van der Waals surface area (Å²) in [4.78, 5) is 31.2. The van der Waals surface area contributed by atoms with Gasteiger partial charge in [0.15, 0.2) is 0 Å². The molecule has 0 aliphatic carbocycles. The summed E-state index contributed by atoms with van der Waals surface area (Å²) in [6, 6.07) is 2.54. The maximum atomic E-state index is 11.9. The van der Waals surface area contributed by atoms with Gasteiger partial charge in [-0.1, -0.05) is 0 Å². The Balaban J connectivity index is 2.78. The van der Waals surface area contributed by atoms with Gasteiger partial charge in [-0.2, -0.15) is 0 Å². The third kappa shape index (κ3) is 4.02. The summed E-state index contributed by atoms with van der Waals surface area (Å²) in [6.07, 6.45) is 2.14. The lowest BCUT2D eigenvalue weighted by Crippen LogP contribution is -2.47. The van der Waals surface area contributed by atoms with Crippen molar-refractivity contribution >= 4 is 12.0 Å². The van der Waals surface area contributed by atoms with Gasteiger partial charge in [0.25, 0.3) is 5.91 Å². The topological polar surface area (TPSA) is 91.8 Å². The number of hydroxylamine groups is 2. The lowest BCUT2D eigenvalue weighted by molar-refractivity contribution is -0.170. The van der Waals surface area contributed by atoms with Crippen molar-refractivity contribution in [3.8, 4) is 0 Å². The minimum Gasteiger partial charge on any atom is -0.465 e. The summed E-state index contributed by atoms with van der Waals surface area (Å²) in [5.41, 5.74) is 0.807. The average Bonchev–Trinajstić information content (AvgIpc) is 2.37. The first-order valence-electron chi connectivity index (χ1n) is 5.24. The second kappa shape index (κ2) is 6.55. The van der Waals surface area contributed by atoms with Crippen LogP contribution in [0.5, 0.6) is 0 Å². The standard InChI is InChI=1S/C11H15N3O4/c1-14(18-2)10(15)9(13-11(16)17)7-8-3-5-12-6-4-8/h3-6,9,13H,7H2,1-2H3,(H,16,17). The van der Waals surface area contributed by atoms with Crippen LogP contribution in [0.4, 0.5) is 4.79 Å². The fourth-order valence-electron chi connectivity index (χ4n) is 1.41.